The fourth-order valence-electron chi connectivity index (χ4n) is 1.81. The molecular weight excluding hydrogens is 264 g/mol. The first-order chi connectivity index (χ1) is 9.49. The van der Waals surface area contributed by atoms with Gasteiger partial charge in [0.05, 0.1) is 11.5 Å². The van der Waals surface area contributed by atoms with Crippen LogP contribution in [-0.2, 0) is 6.54 Å². The fourth-order valence-corrected chi connectivity index (χ4v) is 1.81. The molecule has 0 saturated carbocycles. The number of anilines is 1. The van der Waals surface area contributed by atoms with Gasteiger partial charge in [-0.15, -0.1) is 0 Å². The number of carboxylic acid groups (broad SMARTS) is 1. The van der Waals surface area contributed by atoms with Gasteiger partial charge in [-0.3, -0.25) is 10.1 Å². The van der Waals surface area contributed by atoms with Gasteiger partial charge in [0.1, 0.15) is 22.8 Å². The van der Waals surface area contributed by atoms with Gasteiger partial charge < -0.3 is 14.8 Å². The number of hydrogen-bond donors (Lipinski definition) is 2. The maximum Gasteiger partial charge on any atom is 0.339 e. The summed E-state index contributed by atoms with van der Waals surface area (Å²) in [4.78, 5) is 21.2. The van der Waals surface area contributed by atoms with Crippen LogP contribution in [-0.4, -0.2) is 16.0 Å². The Hall–Kier alpha value is -2.83. The van der Waals surface area contributed by atoms with E-state index in [1.165, 1.54) is 12.1 Å². The van der Waals surface area contributed by atoms with Gasteiger partial charge in [-0.2, -0.15) is 0 Å². The standard InChI is InChI=1S/C13H12N2O5/c1-8-10(13(16)17)6-9(20-8)7-14-11-4-2-3-5-12(11)15(18)19/h2-6,14H,7H2,1H3,(H,16,17). The molecule has 2 N–H and O–H groups in total. The molecular formula is C13H12N2O5. The van der Waals surface area contributed by atoms with E-state index in [9.17, 15) is 14.9 Å². The molecule has 0 atom stereocenters. The molecule has 0 aliphatic carbocycles. The first kappa shape index (κ1) is 13.6. The molecule has 0 spiro atoms. The van der Waals surface area contributed by atoms with Gasteiger partial charge in [0.25, 0.3) is 5.69 Å². The van der Waals surface area contributed by atoms with Crippen molar-refractivity contribution >= 4 is 17.3 Å². The molecule has 0 saturated heterocycles. The Kier molecular flexibility index (Phi) is 3.69. The Morgan fingerprint density at radius 1 is 1.45 bits per heavy atom. The van der Waals surface area contributed by atoms with Crippen LogP contribution >= 0.6 is 0 Å². The van der Waals surface area contributed by atoms with Crippen molar-refractivity contribution in [3.05, 3.63) is 57.5 Å². The number of rotatable bonds is 5. The molecule has 0 amide bonds. The zero-order chi connectivity index (χ0) is 14.7. The zero-order valence-corrected chi connectivity index (χ0v) is 10.6. The maximum atomic E-state index is 10.9. The lowest BCUT2D eigenvalue weighted by molar-refractivity contribution is -0.384. The number of furan rings is 1. The SMILES string of the molecule is Cc1oc(CNc2ccccc2[N+](=O)[O-])cc1C(=O)O. The second kappa shape index (κ2) is 5.43. The number of carbonyl (C=O) groups is 1. The second-order valence-electron chi connectivity index (χ2n) is 4.12. The van der Waals surface area contributed by atoms with Gasteiger partial charge in [0.15, 0.2) is 0 Å². The van der Waals surface area contributed by atoms with E-state index in [1.807, 2.05) is 0 Å². The third-order valence-corrected chi connectivity index (χ3v) is 2.75. The van der Waals surface area contributed by atoms with Gasteiger partial charge in [0.2, 0.25) is 0 Å². The summed E-state index contributed by atoms with van der Waals surface area (Å²) in [6, 6.07) is 7.61. The average molecular weight is 276 g/mol. The number of aromatic carboxylic acids is 1. The molecule has 20 heavy (non-hydrogen) atoms. The van der Waals surface area contributed by atoms with E-state index in [4.69, 9.17) is 9.52 Å². The number of nitrogens with one attached hydrogen (secondary N) is 1. The first-order valence-electron chi connectivity index (χ1n) is 5.79. The molecule has 0 unspecified atom stereocenters. The number of carboxylic acids is 1. The zero-order valence-electron chi connectivity index (χ0n) is 10.6. The van der Waals surface area contributed by atoms with Crippen molar-refractivity contribution in [2.24, 2.45) is 0 Å². The van der Waals surface area contributed by atoms with Crippen LogP contribution in [0, 0.1) is 17.0 Å². The van der Waals surface area contributed by atoms with Crippen LogP contribution in [0.5, 0.6) is 0 Å². The summed E-state index contributed by atoms with van der Waals surface area (Å²) in [5.74, 6) is -0.363. The highest BCUT2D eigenvalue weighted by molar-refractivity contribution is 5.88. The van der Waals surface area contributed by atoms with Gasteiger partial charge in [-0.25, -0.2) is 4.79 Å². The van der Waals surface area contributed by atoms with Crippen molar-refractivity contribution < 1.29 is 19.2 Å². The Morgan fingerprint density at radius 2 is 2.15 bits per heavy atom. The lowest BCUT2D eigenvalue weighted by Crippen LogP contribution is -2.01. The Labute approximate surface area is 114 Å². The van der Waals surface area contributed by atoms with E-state index < -0.39 is 10.9 Å². The van der Waals surface area contributed by atoms with Crippen LogP contribution in [0.4, 0.5) is 11.4 Å². The fraction of sp³-hybridized carbons (Fsp3) is 0.154. The largest absolute Gasteiger partial charge is 0.478 e. The van der Waals surface area contributed by atoms with Crippen molar-refractivity contribution in [2.75, 3.05) is 5.32 Å². The van der Waals surface area contributed by atoms with E-state index >= 15 is 0 Å². The van der Waals surface area contributed by atoms with Crippen LogP contribution in [0.3, 0.4) is 0 Å². The summed E-state index contributed by atoms with van der Waals surface area (Å²) in [6.07, 6.45) is 0. The van der Waals surface area contributed by atoms with Crippen molar-refractivity contribution in [2.45, 2.75) is 13.5 Å². The summed E-state index contributed by atoms with van der Waals surface area (Å²) in [6.45, 7) is 1.72. The van der Waals surface area contributed by atoms with Gasteiger partial charge in [-0.1, -0.05) is 12.1 Å². The van der Waals surface area contributed by atoms with Crippen LogP contribution in [0.1, 0.15) is 21.9 Å². The molecule has 1 heterocycles. The number of nitro benzene ring substituents is 1. The molecule has 2 rings (SSSR count). The molecule has 7 heteroatoms. The van der Waals surface area contributed by atoms with Crippen molar-refractivity contribution in [3.63, 3.8) is 0 Å². The molecule has 1 aromatic heterocycles. The molecule has 0 radical (unpaired) electrons. The summed E-state index contributed by atoms with van der Waals surface area (Å²) in [7, 11) is 0. The highest BCUT2D eigenvalue weighted by Gasteiger charge is 2.15. The first-order valence-corrected chi connectivity index (χ1v) is 5.79. The number of nitrogens with zero attached hydrogens (tertiary/aromatic N) is 1. The van der Waals surface area contributed by atoms with Gasteiger partial charge >= 0.3 is 5.97 Å². The Bertz CT molecular complexity index is 663. The molecule has 1 aromatic carbocycles. The van der Waals surface area contributed by atoms with Gasteiger partial charge in [-0.05, 0) is 19.1 Å². The molecule has 2 aromatic rings. The molecule has 0 aliphatic heterocycles. The Morgan fingerprint density at radius 3 is 2.75 bits per heavy atom. The highest BCUT2D eigenvalue weighted by atomic mass is 16.6. The third-order valence-electron chi connectivity index (χ3n) is 2.75. The summed E-state index contributed by atoms with van der Waals surface area (Å²) in [5.41, 5.74) is 0.391. The van der Waals surface area contributed by atoms with Crippen LogP contribution in [0.15, 0.2) is 34.7 Å². The number of nitro groups is 1. The van der Waals surface area contributed by atoms with Crippen molar-refractivity contribution in [3.8, 4) is 0 Å². The molecule has 7 nitrogen and oxygen atoms in total. The minimum Gasteiger partial charge on any atom is -0.478 e. The minimum atomic E-state index is -1.07. The predicted octanol–water partition coefficient (Wildman–Crippen LogP) is 2.81. The summed E-state index contributed by atoms with van der Waals surface area (Å²) >= 11 is 0. The van der Waals surface area contributed by atoms with Gasteiger partial charge in [0, 0.05) is 6.07 Å². The number of aryl methyl sites for hydroxylation is 1. The minimum absolute atomic E-state index is 0.0470. The van der Waals surface area contributed by atoms with E-state index in [0.29, 0.717) is 17.2 Å². The Balaban J connectivity index is 2.15. The lowest BCUT2D eigenvalue weighted by Gasteiger charge is -2.04. The van der Waals surface area contributed by atoms with E-state index in [1.54, 1.807) is 25.1 Å². The highest BCUT2D eigenvalue weighted by Crippen LogP contribution is 2.24. The molecule has 104 valence electrons. The predicted molar refractivity (Wildman–Crippen MR) is 70.8 cm³/mol. The summed E-state index contributed by atoms with van der Waals surface area (Å²) in [5, 5.41) is 22.6. The number of benzene rings is 1. The van der Waals surface area contributed by atoms with Crippen LogP contribution in [0.2, 0.25) is 0 Å². The third kappa shape index (κ3) is 2.77. The maximum absolute atomic E-state index is 10.9. The topological polar surface area (TPSA) is 106 Å². The quantitative estimate of drug-likeness (QED) is 0.642. The second-order valence-corrected chi connectivity index (χ2v) is 4.12. The summed E-state index contributed by atoms with van der Waals surface area (Å²) < 4.78 is 5.28. The monoisotopic (exact) mass is 276 g/mol. The van der Waals surface area contributed by atoms with Crippen LogP contribution < -0.4 is 5.32 Å². The molecule has 0 aliphatic rings. The van der Waals surface area contributed by atoms with E-state index in [-0.39, 0.29) is 17.8 Å². The average Bonchev–Trinajstić information content (AvgIpc) is 2.78. The molecule has 0 bridgehead atoms. The normalized spacial score (nSPS) is 10.2. The lowest BCUT2D eigenvalue weighted by atomic mass is 10.2. The van der Waals surface area contributed by atoms with Crippen molar-refractivity contribution in [1.82, 2.24) is 0 Å². The van der Waals surface area contributed by atoms with E-state index in [2.05, 4.69) is 5.32 Å². The molecule has 0 fully saturated rings. The van der Waals surface area contributed by atoms with Crippen molar-refractivity contribution in [1.29, 1.82) is 0 Å². The van der Waals surface area contributed by atoms with Crippen LogP contribution in [0.25, 0.3) is 0 Å². The number of para-hydroxylation sites is 2. The van der Waals surface area contributed by atoms with E-state index in [0.717, 1.165) is 0 Å². The smallest absolute Gasteiger partial charge is 0.339 e. The number of hydrogen-bond acceptors (Lipinski definition) is 5.